The molecule has 0 rings (SSSR count). The van der Waals surface area contributed by atoms with Crippen LogP contribution in [-0.2, 0) is 0 Å². The van der Waals surface area contributed by atoms with E-state index in [4.69, 9.17) is 0 Å². The zero-order valence-electron chi connectivity index (χ0n) is 3.21. The van der Waals surface area contributed by atoms with Crippen molar-refractivity contribution in [2.45, 2.75) is 13.8 Å². The Morgan fingerprint density at radius 3 is 1.50 bits per heavy atom. The van der Waals surface area contributed by atoms with Gasteiger partial charge in [0.2, 0.25) is 0 Å². The summed E-state index contributed by atoms with van der Waals surface area (Å²) in [5, 5.41) is 0. The Morgan fingerprint density at radius 2 is 1.50 bits per heavy atom. The Kier molecular flexibility index (Phi) is 2.27. The second-order valence-corrected chi connectivity index (χ2v) is 5.24. The molecule has 0 atom stereocenters. The van der Waals surface area contributed by atoms with Gasteiger partial charge in [0.05, 0.1) is 0 Å². The van der Waals surface area contributed by atoms with E-state index in [9.17, 15) is 0 Å². The Morgan fingerprint density at radius 1 is 1.50 bits per heavy atom. The fraction of sp³-hybridized carbons (Fsp3) is 0.667. The molecule has 0 aromatic carbocycles. The van der Waals surface area contributed by atoms with Crippen LogP contribution in [0.4, 0.5) is 0 Å². The topological polar surface area (TPSA) is 0 Å². The van der Waals surface area contributed by atoms with Crippen molar-refractivity contribution >= 4 is 25.6 Å². The first-order valence-corrected chi connectivity index (χ1v) is 3.37. The van der Waals surface area contributed by atoms with Gasteiger partial charge in [-0.1, -0.05) is 0 Å². The van der Waals surface area contributed by atoms with Crippen molar-refractivity contribution in [2.75, 3.05) is 0 Å². The predicted molar refractivity (Wildman–Crippen MR) is 24.9 cm³/mol. The summed E-state index contributed by atoms with van der Waals surface area (Å²) in [5.41, 5.74) is 0. The zero-order valence-corrected chi connectivity index (χ0v) is 7.24. The van der Waals surface area contributed by atoms with Crippen LogP contribution in [0.1, 0.15) is 13.8 Å². The van der Waals surface area contributed by atoms with Crippen LogP contribution in [0.5, 0.6) is 0 Å². The molecule has 24 valence electrons. The molecular weight excluding hydrogens is 155 g/mol. The summed E-state index contributed by atoms with van der Waals surface area (Å²) in [4.78, 5) is 0. The maximum absolute atomic E-state index is 2.16. The average molecular weight is 163 g/mol. The summed E-state index contributed by atoms with van der Waals surface area (Å²) >= 11 is 1.08. The second-order valence-electron chi connectivity index (χ2n) is 1.21. The summed E-state index contributed by atoms with van der Waals surface area (Å²) < 4.78 is 1.59. The van der Waals surface area contributed by atoms with Gasteiger partial charge in [-0.15, -0.1) is 0 Å². The molecular formula is C3H8Sn. The van der Waals surface area contributed by atoms with E-state index < -0.39 is 0 Å². The normalized spacial score (nSPS) is 6.50. The van der Waals surface area contributed by atoms with Gasteiger partial charge in [-0.25, -0.2) is 0 Å². The molecule has 0 N–H and O–H groups in total. The van der Waals surface area contributed by atoms with Gasteiger partial charge in [0.25, 0.3) is 0 Å². The summed E-state index contributed by atoms with van der Waals surface area (Å²) in [7, 11) is 0. The Balaban J connectivity index is 2.80. The van der Waals surface area contributed by atoms with Crippen molar-refractivity contribution < 1.29 is 0 Å². The number of hydrogen-bond donors (Lipinski definition) is 0. The molecule has 0 saturated heterocycles. The van der Waals surface area contributed by atoms with Crippen LogP contribution in [0.3, 0.4) is 0 Å². The molecule has 1 heteroatoms. The first kappa shape index (κ1) is 4.67. The summed E-state index contributed by atoms with van der Waals surface area (Å²) in [6.07, 6.45) is 0. The van der Waals surface area contributed by atoms with Crippen LogP contribution in [-0.4, -0.2) is 25.6 Å². The molecule has 0 nitrogen and oxygen atoms in total. The minimum absolute atomic E-state index is 1.08. The van der Waals surface area contributed by atoms with Crippen LogP contribution in [0.2, 0.25) is 0 Å². The standard InChI is InChI=1S/C3H6.Sn.2H/c1-3-2;;;/h1-2H3;;;. The third kappa shape index (κ3) is 16.6. The SMILES string of the molecule is C[C](C)=[SnH2]. The molecule has 0 aromatic rings. The van der Waals surface area contributed by atoms with Gasteiger partial charge in [-0.2, -0.15) is 0 Å². The summed E-state index contributed by atoms with van der Waals surface area (Å²) in [5.74, 6) is 0. The molecule has 4 heavy (non-hydrogen) atoms. The maximum atomic E-state index is 2.16. The van der Waals surface area contributed by atoms with Crippen LogP contribution in [0.15, 0.2) is 0 Å². The van der Waals surface area contributed by atoms with Gasteiger partial charge in [0, 0.05) is 0 Å². The van der Waals surface area contributed by atoms with Gasteiger partial charge in [-0.05, 0) is 0 Å². The van der Waals surface area contributed by atoms with Gasteiger partial charge >= 0.3 is 39.4 Å². The zero-order chi connectivity index (χ0) is 3.58. The third-order valence-corrected chi connectivity index (χ3v) is 0. The van der Waals surface area contributed by atoms with E-state index in [1.165, 1.54) is 0 Å². The van der Waals surface area contributed by atoms with Crippen LogP contribution in [0, 0.1) is 0 Å². The molecule has 0 saturated carbocycles. The minimum atomic E-state index is 1.08. The van der Waals surface area contributed by atoms with E-state index in [0.29, 0.717) is 0 Å². The first-order valence-electron chi connectivity index (χ1n) is 1.35. The molecule has 0 aliphatic heterocycles. The van der Waals surface area contributed by atoms with Crippen molar-refractivity contribution in [2.24, 2.45) is 0 Å². The van der Waals surface area contributed by atoms with Crippen molar-refractivity contribution in [3.05, 3.63) is 0 Å². The quantitative estimate of drug-likeness (QED) is 0.435. The number of rotatable bonds is 0. The van der Waals surface area contributed by atoms with E-state index in [-0.39, 0.29) is 0 Å². The van der Waals surface area contributed by atoms with Crippen LogP contribution < -0.4 is 0 Å². The number of hydrogen-bond acceptors (Lipinski definition) is 0. The molecule has 0 aromatic heterocycles. The third-order valence-electron chi connectivity index (χ3n) is 0. The van der Waals surface area contributed by atoms with Gasteiger partial charge < -0.3 is 0 Å². The van der Waals surface area contributed by atoms with Crippen molar-refractivity contribution in [3.8, 4) is 0 Å². The molecule has 0 amide bonds. The molecule has 0 aliphatic carbocycles. The van der Waals surface area contributed by atoms with E-state index in [0.717, 1.165) is 22.1 Å². The molecule has 0 radical (unpaired) electrons. The van der Waals surface area contributed by atoms with Gasteiger partial charge in [0.1, 0.15) is 0 Å². The Hall–Kier alpha value is 0.669. The fourth-order valence-electron chi connectivity index (χ4n) is 0. The second kappa shape index (κ2) is 1.94. The van der Waals surface area contributed by atoms with Gasteiger partial charge in [0.15, 0.2) is 0 Å². The van der Waals surface area contributed by atoms with Crippen LogP contribution >= 0.6 is 0 Å². The predicted octanol–water partition coefficient (Wildman–Crippen LogP) is -0.168. The Bertz CT molecular complexity index is 26.3. The van der Waals surface area contributed by atoms with E-state index in [1.54, 1.807) is 3.52 Å². The fourth-order valence-corrected chi connectivity index (χ4v) is 0. The summed E-state index contributed by atoms with van der Waals surface area (Å²) in [6.45, 7) is 4.32. The molecule has 0 aliphatic rings. The molecule has 0 fully saturated rings. The van der Waals surface area contributed by atoms with E-state index in [1.807, 2.05) is 0 Å². The van der Waals surface area contributed by atoms with Crippen LogP contribution in [0.25, 0.3) is 0 Å². The van der Waals surface area contributed by atoms with E-state index >= 15 is 0 Å². The molecule has 0 spiro atoms. The van der Waals surface area contributed by atoms with E-state index in [2.05, 4.69) is 13.8 Å². The van der Waals surface area contributed by atoms with Crippen molar-refractivity contribution in [1.82, 2.24) is 0 Å². The average Bonchev–Trinajstić information content (AvgIpc) is 0.811. The molecule has 0 heterocycles. The van der Waals surface area contributed by atoms with Crippen molar-refractivity contribution in [1.29, 1.82) is 0 Å². The molecule has 0 bridgehead atoms. The summed E-state index contributed by atoms with van der Waals surface area (Å²) in [6, 6.07) is 0. The van der Waals surface area contributed by atoms with Gasteiger partial charge in [-0.3, -0.25) is 0 Å². The molecule has 0 unspecified atom stereocenters. The first-order chi connectivity index (χ1) is 1.73. The Labute approximate surface area is 39.8 Å². The monoisotopic (exact) mass is 164 g/mol. The van der Waals surface area contributed by atoms with Crippen molar-refractivity contribution in [3.63, 3.8) is 0 Å².